The SMILES string of the molecule is CC[C@H](NC)C(=O)C[C@H](C(=O)N1CC[C@H]2CN(CCCc3ccccc3)C[C@H]21)C1CCCCC1. The second-order valence-electron chi connectivity index (χ2n) is 10.9. The quantitative estimate of drug-likeness (QED) is 0.527. The molecule has 0 aromatic heterocycles. The van der Waals surface area contributed by atoms with Gasteiger partial charge < -0.3 is 15.1 Å². The molecular weight excluding hydrogens is 422 g/mol. The average molecular weight is 468 g/mol. The van der Waals surface area contributed by atoms with Crippen LogP contribution >= 0.6 is 0 Å². The topological polar surface area (TPSA) is 52.7 Å². The van der Waals surface area contributed by atoms with Gasteiger partial charge in [0.25, 0.3) is 0 Å². The molecule has 5 heteroatoms. The third kappa shape index (κ3) is 6.09. The van der Waals surface area contributed by atoms with E-state index in [1.807, 2.05) is 14.0 Å². The first kappa shape index (κ1) is 25.4. The Kier molecular flexibility index (Phi) is 9.18. The van der Waals surface area contributed by atoms with Gasteiger partial charge >= 0.3 is 0 Å². The van der Waals surface area contributed by atoms with E-state index in [2.05, 4.69) is 45.4 Å². The molecule has 0 radical (unpaired) electrons. The number of carbonyl (C=O) groups is 2. The normalized spacial score (nSPS) is 25.3. The molecule has 5 nitrogen and oxygen atoms in total. The van der Waals surface area contributed by atoms with Crippen LogP contribution in [0.15, 0.2) is 30.3 Å². The number of amides is 1. The maximum Gasteiger partial charge on any atom is 0.226 e. The number of nitrogens with zero attached hydrogens (tertiary/aromatic N) is 2. The van der Waals surface area contributed by atoms with Gasteiger partial charge in [-0.25, -0.2) is 0 Å². The van der Waals surface area contributed by atoms with Crippen molar-refractivity contribution in [3.8, 4) is 0 Å². The molecule has 3 aliphatic rings. The van der Waals surface area contributed by atoms with Gasteiger partial charge in [0.05, 0.1) is 6.04 Å². The Morgan fingerprint density at radius 3 is 2.53 bits per heavy atom. The minimum atomic E-state index is -0.128. The van der Waals surface area contributed by atoms with Crippen LogP contribution in [0.2, 0.25) is 0 Å². The molecule has 2 aliphatic heterocycles. The lowest BCUT2D eigenvalue weighted by Crippen LogP contribution is -2.46. The number of ketones is 1. The van der Waals surface area contributed by atoms with Crippen molar-refractivity contribution < 1.29 is 9.59 Å². The molecule has 0 spiro atoms. The van der Waals surface area contributed by atoms with Gasteiger partial charge in [-0.3, -0.25) is 9.59 Å². The standard InChI is InChI=1S/C29H45N3O2/c1-3-26(30-2)28(33)19-25(23-14-8-5-9-15-23)29(34)32-18-16-24-20-31(21-27(24)32)17-10-13-22-11-6-4-7-12-22/h4,6-7,11-12,23-27,30H,3,5,8-10,13-21H2,1-2H3/t24-,25-,26-,27+/m0/s1. The zero-order chi connectivity index (χ0) is 23.9. The van der Waals surface area contributed by atoms with Gasteiger partial charge in [0.2, 0.25) is 5.91 Å². The molecule has 1 aromatic carbocycles. The van der Waals surface area contributed by atoms with E-state index in [9.17, 15) is 9.59 Å². The van der Waals surface area contributed by atoms with E-state index in [0.717, 1.165) is 58.3 Å². The predicted molar refractivity (Wildman–Crippen MR) is 138 cm³/mol. The number of likely N-dealkylation sites (tertiary alicyclic amines) is 2. The molecule has 4 rings (SSSR count). The Labute approximate surface area is 206 Å². The van der Waals surface area contributed by atoms with Gasteiger partial charge in [0, 0.05) is 38.0 Å². The lowest BCUT2D eigenvalue weighted by atomic mass is 9.76. The van der Waals surface area contributed by atoms with Crippen molar-refractivity contribution >= 4 is 11.7 Å². The molecule has 2 saturated heterocycles. The van der Waals surface area contributed by atoms with E-state index in [1.54, 1.807) is 0 Å². The van der Waals surface area contributed by atoms with Crippen LogP contribution in [-0.4, -0.2) is 66.8 Å². The van der Waals surface area contributed by atoms with E-state index in [-0.39, 0.29) is 23.7 Å². The van der Waals surface area contributed by atoms with Crippen LogP contribution in [-0.2, 0) is 16.0 Å². The first-order valence-corrected chi connectivity index (χ1v) is 13.9. The number of benzene rings is 1. The van der Waals surface area contributed by atoms with E-state index >= 15 is 0 Å². The molecule has 1 amide bonds. The summed E-state index contributed by atoms with van der Waals surface area (Å²) >= 11 is 0. The summed E-state index contributed by atoms with van der Waals surface area (Å²) in [6.07, 6.45) is 10.5. The van der Waals surface area contributed by atoms with E-state index in [0.29, 0.717) is 24.3 Å². The highest BCUT2D eigenvalue weighted by Gasteiger charge is 2.46. The molecule has 1 saturated carbocycles. The largest absolute Gasteiger partial charge is 0.338 e. The maximum atomic E-state index is 14.0. The maximum absolute atomic E-state index is 14.0. The molecule has 2 heterocycles. The lowest BCUT2D eigenvalue weighted by Gasteiger charge is -2.35. The third-order valence-corrected chi connectivity index (χ3v) is 8.79. The third-order valence-electron chi connectivity index (χ3n) is 8.79. The van der Waals surface area contributed by atoms with Gasteiger partial charge in [-0.15, -0.1) is 0 Å². The summed E-state index contributed by atoms with van der Waals surface area (Å²) in [7, 11) is 1.86. The summed E-state index contributed by atoms with van der Waals surface area (Å²) in [5.41, 5.74) is 1.41. The van der Waals surface area contributed by atoms with Gasteiger partial charge in [0.15, 0.2) is 5.78 Å². The number of aryl methyl sites for hydroxylation is 1. The zero-order valence-electron chi connectivity index (χ0n) is 21.4. The summed E-state index contributed by atoms with van der Waals surface area (Å²) in [5, 5.41) is 3.16. The Morgan fingerprint density at radius 1 is 1.06 bits per heavy atom. The van der Waals surface area contributed by atoms with Crippen molar-refractivity contribution in [3.63, 3.8) is 0 Å². The molecule has 188 valence electrons. The minimum Gasteiger partial charge on any atom is -0.338 e. The number of rotatable bonds is 11. The number of carbonyl (C=O) groups excluding carboxylic acids is 2. The van der Waals surface area contributed by atoms with Crippen LogP contribution < -0.4 is 5.32 Å². The van der Waals surface area contributed by atoms with Crippen LogP contribution in [0.4, 0.5) is 0 Å². The number of hydrogen-bond donors (Lipinski definition) is 1. The van der Waals surface area contributed by atoms with Crippen molar-refractivity contribution in [3.05, 3.63) is 35.9 Å². The second kappa shape index (κ2) is 12.3. The van der Waals surface area contributed by atoms with Gasteiger partial charge in [-0.05, 0) is 69.5 Å². The Hall–Kier alpha value is -1.72. The molecule has 34 heavy (non-hydrogen) atoms. The van der Waals surface area contributed by atoms with Gasteiger partial charge in [-0.2, -0.15) is 0 Å². The Balaban J connectivity index is 1.36. The molecule has 0 unspecified atom stereocenters. The highest BCUT2D eigenvalue weighted by molar-refractivity contribution is 5.90. The highest BCUT2D eigenvalue weighted by Crippen LogP contribution is 2.38. The molecule has 1 N–H and O–H groups in total. The molecule has 1 aromatic rings. The summed E-state index contributed by atoms with van der Waals surface area (Å²) < 4.78 is 0. The average Bonchev–Trinajstić information content (AvgIpc) is 3.44. The molecular formula is C29H45N3O2. The summed E-state index contributed by atoms with van der Waals surface area (Å²) in [5.74, 6) is 1.36. The fourth-order valence-electron chi connectivity index (χ4n) is 6.81. The second-order valence-corrected chi connectivity index (χ2v) is 10.9. The number of hydrogen-bond acceptors (Lipinski definition) is 4. The number of Topliss-reactive ketones (excluding diaryl/α,β-unsaturated/α-hetero) is 1. The van der Waals surface area contributed by atoms with E-state index < -0.39 is 0 Å². The first-order chi connectivity index (χ1) is 16.6. The summed E-state index contributed by atoms with van der Waals surface area (Å²) in [6.45, 7) is 6.16. The fraction of sp³-hybridized carbons (Fsp3) is 0.724. The van der Waals surface area contributed by atoms with Crippen LogP contribution in [0.1, 0.15) is 70.3 Å². The molecule has 3 fully saturated rings. The van der Waals surface area contributed by atoms with Crippen LogP contribution in [0.3, 0.4) is 0 Å². The number of likely N-dealkylation sites (N-methyl/N-ethyl adjacent to an activating group) is 1. The van der Waals surface area contributed by atoms with Crippen LogP contribution in [0.25, 0.3) is 0 Å². The highest BCUT2D eigenvalue weighted by atomic mass is 16.2. The smallest absolute Gasteiger partial charge is 0.226 e. The van der Waals surface area contributed by atoms with Gasteiger partial charge in [0.1, 0.15) is 0 Å². The van der Waals surface area contributed by atoms with Crippen molar-refractivity contribution in [1.29, 1.82) is 0 Å². The predicted octanol–water partition coefficient (Wildman–Crippen LogP) is 4.31. The molecule has 0 bridgehead atoms. The van der Waals surface area contributed by atoms with Crippen LogP contribution in [0, 0.1) is 17.8 Å². The Morgan fingerprint density at radius 2 is 1.82 bits per heavy atom. The van der Waals surface area contributed by atoms with E-state index in [1.165, 1.54) is 31.2 Å². The van der Waals surface area contributed by atoms with Crippen LogP contribution in [0.5, 0.6) is 0 Å². The van der Waals surface area contributed by atoms with Crippen molar-refractivity contribution in [2.45, 2.75) is 83.2 Å². The van der Waals surface area contributed by atoms with Crippen molar-refractivity contribution in [1.82, 2.24) is 15.1 Å². The van der Waals surface area contributed by atoms with Gasteiger partial charge in [-0.1, -0.05) is 56.5 Å². The first-order valence-electron chi connectivity index (χ1n) is 13.9. The number of nitrogens with one attached hydrogen (secondary N) is 1. The van der Waals surface area contributed by atoms with Crippen molar-refractivity contribution in [2.75, 3.05) is 33.2 Å². The Bertz CT molecular complexity index is 788. The molecule has 4 atom stereocenters. The van der Waals surface area contributed by atoms with E-state index in [4.69, 9.17) is 0 Å². The monoisotopic (exact) mass is 467 g/mol. The van der Waals surface area contributed by atoms with Crippen molar-refractivity contribution in [2.24, 2.45) is 17.8 Å². The number of fused-ring (bicyclic) bond motifs is 1. The summed E-state index contributed by atoms with van der Waals surface area (Å²) in [6, 6.07) is 10.9. The lowest BCUT2D eigenvalue weighted by molar-refractivity contribution is -0.141. The summed E-state index contributed by atoms with van der Waals surface area (Å²) in [4.78, 5) is 31.8. The molecule has 1 aliphatic carbocycles. The zero-order valence-corrected chi connectivity index (χ0v) is 21.4. The fourth-order valence-corrected chi connectivity index (χ4v) is 6.81. The minimum absolute atomic E-state index is 0.124.